The van der Waals surface area contributed by atoms with Crippen LogP contribution in [0.5, 0.6) is 0 Å². The predicted octanol–water partition coefficient (Wildman–Crippen LogP) is 1.10. The van der Waals surface area contributed by atoms with Gasteiger partial charge in [-0.05, 0) is 19.1 Å². The van der Waals surface area contributed by atoms with Crippen molar-refractivity contribution < 1.29 is 22.6 Å². The molecular weight excluding hydrogens is 232 g/mol. The second kappa shape index (κ2) is 4.54. The Morgan fingerprint density at radius 2 is 1.69 bits per heavy atom. The lowest BCUT2D eigenvalue weighted by Gasteiger charge is -2.00. The Kier molecular flexibility index (Phi) is 3.56. The highest BCUT2D eigenvalue weighted by atomic mass is 32.2. The van der Waals surface area contributed by atoms with E-state index in [0.717, 1.165) is 12.1 Å². The summed E-state index contributed by atoms with van der Waals surface area (Å²) in [6.45, 7) is 1.30. The van der Waals surface area contributed by atoms with Crippen LogP contribution in [0, 0.1) is 0 Å². The molecule has 0 fully saturated rings. The molecule has 0 heterocycles. The zero-order valence-corrected chi connectivity index (χ0v) is 9.32. The fraction of sp³-hybridized carbons (Fsp3) is 0.200. The van der Waals surface area contributed by atoms with Crippen LogP contribution in [-0.2, 0) is 14.9 Å². The van der Waals surface area contributed by atoms with Gasteiger partial charge < -0.3 is 0 Å². The third-order valence-electron chi connectivity index (χ3n) is 1.88. The zero-order chi connectivity index (χ0) is 12.3. The van der Waals surface area contributed by atoms with Gasteiger partial charge in [-0.15, -0.1) is 0 Å². The van der Waals surface area contributed by atoms with Gasteiger partial charge in [0, 0.05) is 5.56 Å². The third kappa shape index (κ3) is 3.25. The molecule has 1 aromatic rings. The Morgan fingerprint density at radius 3 is 2.06 bits per heavy atom. The Morgan fingerprint density at radius 1 is 1.19 bits per heavy atom. The zero-order valence-electron chi connectivity index (χ0n) is 8.50. The van der Waals surface area contributed by atoms with Gasteiger partial charge in [0.05, 0.1) is 11.3 Å². The molecule has 1 rings (SSSR count). The molecule has 0 aliphatic rings. The van der Waals surface area contributed by atoms with Crippen molar-refractivity contribution in [2.45, 2.75) is 18.2 Å². The third-order valence-corrected chi connectivity index (χ3v) is 2.75. The molecule has 16 heavy (non-hydrogen) atoms. The van der Waals surface area contributed by atoms with E-state index in [9.17, 15) is 18.0 Å². The summed E-state index contributed by atoms with van der Waals surface area (Å²) in [4.78, 5) is 21.8. The van der Waals surface area contributed by atoms with E-state index in [-0.39, 0.29) is 28.4 Å². The summed E-state index contributed by atoms with van der Waals surface area (Å²) in [5.41, 5.74) is 0.239. The van der Waals surface area contributed by atoms with Gasteiger partial charge in [-0.2, -0.15) is 8.42 Å². The number of carbonyl (C=O) groups excluding carboxylic acids is 2. The van der Waals surface area contributed by atoms with Crippen LogP contribution in [0.4, 0.5) is 0 Å². The molecule has 0 amide bonds. The van der Waals surface area contributed by atoms with E-state index >= 15 is 0 Å². The summed E-state index contributed by atoms with van der Waals surface area (Å²) in [7, 11) is -4.25. The minimum absolute atomic E-state index is 0.217. The van der Waals surface area contributed by atoms with Crippen molar-refractivity contribution in [3.8, 4) is 0 Å². The summed E-state index contributed by atoms with van der Waals surface area (Å²) in [5, 5.41) is 0. The lowest BCUT2D eigenvalue weighted by molar-refractivity contribution is -0.116. The van der Waals surface area contributed by atoms with Crippen molar-refractivity contribution in [3.05, 3.63) is 29.8 Å². The molecule has 1 aromatic carbocycles. The molecule has 0 bridgehead atoms. The molecule has 0 saturated heterocycles. The molecule has 0 atom stereocenters. The van der Waals surface area contributed by atoms with Crippen molar-refractivity contribution in [1.82, 2.24) is 0 Å². The molecule has 0 saturated carbocycles. The Hall–Kier alpha value is -1.53. The normalized spacial score (nSPS) is 11.1. The van der Waals surface area contributed by atoms with E-state index in [1.54, 1.807) is 0 Å². The number of ketones is 2. The highest BCUT2D eigenvalue weighted by Gasteiger charge is 2.12. The molecule has 86 valence electrons. The first kappa shape index (κ1) is 12.5. The number of rotatable bonds is 4. The van der Waals surface area contributed by atoms with Crippen molar-refractivity contribution in [2.24, 2.45) is 0 Å². The van der Waals surface area contributed by atoms with Crippen LogP contribution in [0.2, 0.25) is 0 Å². The number of carbonyl (C=O) groups is 2. The largest absolute Gasteiger partial charge is 0.300 e. The minimum Gasteiger partial charge on any atom is -0.300 e. The molecule has 0 aliphatic carbocycles. The molecule has 0 aliphatic heterocycles. The fourth-order valence-electron chi connectivity index (χ4n) is 1.14. The number of hydrogen-bond donors (Lipinski definition) is 1. The van der Waals surface area contributed by atoms with E-state index < -0.39 is 10.1 Å². The van der Waals surface area contributed by atoms with E-state index in [4.69, 9.17) is 4.55 Å². The van der Waals surface area contributed by atoms with Gasteiger partial charge in [-0.25, -0.2) is 0 Å². The van der Waals surface area contributed by atoms with Crippen LogP contribution in [-0.4, -0.2) is 24.5 Å². The Labute approximate surface area is 92.8 Å². The quantitative estimate of drug-likeness (QED) is 0.485. The summed E-state index contributed by atoms with van der Waals surface area (Å²) in [6, 6.07) is 4.74. The van der Waals surface area contributed by atoms with E-state index in [0.29, 0.717) is 0 Å². The first-order valence-corrected chi connectivity index (χ1v) is 5.85. The second-order valence-corrected chi connectivity index (χ2v) is 4.72. The molecule has 5 nitrogen and oxygen atoms in total. The molecule has 1 N–H and O–H groups in total. The number of hydrogen-bond acceptors (Lipinski definition) is 4. The maximum Gasteiger partial charge on any atom is 0.294 e. The molecule has 0 unspecified atom stereocenters. The SMILES string of the molecule is CC(=O)CC(=O)c1ccc(S(=O)(=O)O)cc1. The summed E-state index contributed by atoms with van der Waals surface area (Å²) in [5.74, 6) is -0.641. The highest BCUT2D eigenvalue weighted by Crippen LogP contribution is 2.11. The average Bonchev–Trinajstić information content (AvgIpc) is 2.15. The van der Waals surface area contributed by atoms with Gasteiger partial charge in [0.15, 0.2) is 5.78 Å². The summed E-state index contributed by atoms with van der Waals surface area (Å²) >= 11 is 0. The standard InChI is InChI=1S/C10H10O5S/c1-7(11)6-10(12)8-2-4-9(5-3-8)16(13,14)15/h2-5H,6H2,1H3,(H,13,14,15). The van der Waals surface area contributed by atoms with Gasteiger partial charge >= 0.3 is 0 Å². The topological polar surface area (TPSA) is 88.5 Å². The first-order chi connectivity index (χ1) is 7.30. The Bertz CT molecular complexity index is 513. The van der Waals surface area contributed by atoms with E-state index in [1.165, 1.54) is 19.1 Å². The van der Waals surface area contributed by atoms with Gasteiger partial charge in [-0.3, -0.25) is 14.1 Å². The van der Waals surface area contributed by atoms with Gasteiger partial charge in [0.1, 0.15) is 5.78 Å². The average molecular weight is 242 g/mol. The molecule has 0 spiro atoms. The van der Waals surface area contributed by atoms with Gasteiger partial charge in [0.25, 0.3) is 10.1 Å². The molecule has 0 radical (unpaired) electrons. The monoisotopic (exact) mass is 242 g/mol. The lowest BCUT2D eigenvalue weighted by Crippen LogP contribution is -2.05. The smallest absolute Gasteiger partial charge is 0.294 e. The van der Waals surface area contributed by atoms with Crippen LogP contribution in [0.25, 0.3) is 0 Å². The van der Waals surface area contributed by atoms with Crippen LogP contribution in [0.1, 0.15) is 23.7 Å². The Balaban J connectivity index is 2.96. The minimum atomic E-state index is -4.25. The fourth-order valence-corrected chi connectivity index (χ4v) is 1.62. The number of Topliss-reactive ketones (excluding diaryl/α,β-unsaturated/α-hetero) is 2. The van der Waals surface area contributed by atoms with Crippen molar-refractivity contribution in [1.29, 1.82) is 0 Å². The predicted molar refractivity (Wildman–Crippen MR) is 55.9 cm³/mol. The lowest BCUT2D eigenvalue weighted by atomic mass is 10.1. The van der Waals surface area contributed by atoms with Crippen molar-refractivity contribution in [3.63, 3.8) is 0 Å². The second-order valence-electron chi connectivity index (χ2n) is 3.30. The van der Waals surface area contributed by atoms with Crippen LogP contribution in [0.15, 0.2) is 29.2 Å². The van der Waals surface area contributed by atoms with E-state index in [2.05, 4.69) is 0 Å². The summed E-state index contributed by atoms with van der Waals surface area (Å²) < 4.78 is 30.1. The van der Waals surface area contributed by atoms with Gasteiger partial charge in [0.2, 0.25) is 0 Å². The molecule has 6 heteroatoms. The molecule has 0 aromatic heterocycles. The van der Waals surface area contributed by atoms with Crippen molar-refractivity contribution >= 4 is 21.7 Å². The molecular formula is C10H10O5S. The van der Waals surface area contributed by atoms with Crippen molar-refractivity contribution in [2.75, 3.05) is 0 Å². The van der Waals surface area contributed by atoms with Crippen LogP contribution < -0.4 is 0 Å². The van der Waals surface area contributed by atoms with Crippen LogP contribution in [0.3, 0.4) is 0 Å². The first-order valence-electron chi connectivity index (χ1n) is 4.41. The van der Waals surface area contributed by atoms with E-state index in [1.807, 2.05) is 0 Å². The highest BCUT2D eigenvalue weighted by molar-refractivity contribution is 7.85. The maximum atomic E-state index is 11.4. The maximum absolute atomic E-state index is 11.4. The van der Waals surface area contributed by atoms with Gasteiger partial charge in [-0.1, -0.05) is 12.1 Å². The summed E-state index contributed by atoms with van der Waals surface area (Å²) in [6.07, 6.45) is -0.217. The van der Waals surface area contributed by atoms with Crippen LogP contribution >= 0.6 is 0 Å². The number of benzene rings is 1.